The minimum Gasteiger partial charge on any atom is -0.389 e. The van der Waals surface area contributed by atoms with Gasteiger partial charge in [-0.25, -0.2) is 0 Å². The van der Waals surface area contributed by atoms with Crippen LogP contribution in [0, 0.1) is 0 Å². The fourth-order valence-electron chi connectivity index (χ4n) is 0.589. The van der Waals surface area contributed by atoms with E-state index in [9.17, 15) is 0 Å². The monoisotopic (exact) mass is 162 g/mol. The highest BCUT2D eigenvalue weighted by Gasteiger charge is 2.05. The molecule has 0 radical (unpaired) electrons. The Morgan fingerprint density at radius 2 is 2.33 bits per heavy atom. The lowest BCUT2D eigenvalue weighted by atomic mass is 10.2. The second-order valence-electron chi connectivity index (χ2n) is 1.85. The van der Waals surface area contributed by atoms with E-state index in [1.807, 2.05) is 10.8 Å². The van der Waals surface area contributed by atoms with Crippen molar-refractivity contribution >= 4 is 22.9 Å². The highest BCUT2D eigenvalue weighted by atomic mass is 35.5. The molecule has 0 aliphatic carbocycles. The number of hydrogen-bond acceptors (Lipinski definition) is 2. The summed E-state index contributed by atoms with van der Waals surface area (Å²) in [5, 5.41) is 13.3. The Morgan fingerprint density at radius 3 is 2.56 bits per heavy atom. The van der Waals surface area contributed by atoms with E-state index < -0.39 is 6.10 Å². The number of aliphatic hydroxyl groups excluding tert-OH is 1. The third kappa shape index (κ3) is 1.45. The molecular formula is C6H7ClOS. The van der Waals surface area contributed by atoms with E-state index >= 15 is 0 Å². The van der Waals surface area contributed by atoms with Gasteiger partial charge >= 0.3 is 0 Å². The minimum absolute atomic E-state index is 0.441. The number of aliphatic hydroxyl groups is 1. The number of thiophene rings is 1. The molecule has 3 heteroatoms. The maximum Gasteiger partial charge on any atom is 0.0784 e. The van der Waals surface area contributed by atoms with Gasteiger partial charge in [-0.3, -0.25) is 0 Å². The molecule has 0 saturated heterocycles. The molecule has 1 aromatic heterocycles. The number of halogens is 1. The zero-order valence-electron chi connectivity index (χ0n) is 4.97. The summed E-state index contributed by atoms with van der Waals surface area (Å²) in [6, 6.07) is 0. The van der Waals surface area contributed by atoms with Gasteiger partial charge in [-0.1, -0.05) is 11.6 Å². The molecule has 0 spiro atoms. The standard InChI is InChI=1S/C6H7ClOS/c1-4(8)5-2-9-3-6(5)7/h2-4,8H,1H3/t4-/m0/s1. The van der Waals surface area contributed by atoms with E-state index in [-0.39, 0.29) is 0 Å². The van der Waals surface area contributed by atoms with Gasteiger partial charge in [0.1, 0.15) is 0 Å². The first-order valence-corrected chi connectivity index (χ1v) is 3.93. The Bertz CT molecular complexity index is 195. The van der Waals surface area contributed by atoms with Gasteiger partial charge in [0.25, 0.3) is 0 Å². The lowest BCUT2D eigenvalue weighted by Crippen LogP contribution is -1.86. The lowest BCUT2D eigenvalue weighted by molar-refractivity contribution is 0.200. The molecule has 1 nitrogen and oxygen atoms in total. The first-order chi connectivity index (χ1) is 4.22. The Kier molecular flexibility index (Phi) is 2.11. The third-order valence-corrected chi connectivity index (χ3v) is 2.31. The summed E-state index contributed by atoms with van der Waals surface area (Å²) >= 11 is 7.19. The quantitative estimate of drug-likeness (QED) is 0.673. The Labute approximate surface area is 62.9 Å². The largest absolute Gasteiger partial charge is 0.389 e. The molecule has 9 heavy (non-hydrogen) atoms. The molecule has 1 rings (SSSR count). The van der Waals surface area contributed by atoms with Gasteiger partial charge in [0.2, 0.25) is 0 Å². The Hall–Kier alpha value is -0.0500. The normalized spacial score (nSPS) is 13.7. The molecule has 0 aliphatic rings. The zero-order chi connectivity index (χ0) is 6.85. The van der Waals surface area contributed by atoms with Crippen LogP contribution in [0.15, 0.2) is 10.8 Å². The molecule has 1 aromatic rings. The third-order valence-electron chi connectivity index (χ3n) is 1.09. The number of hydrogen-bond donors (Lipinski definition) is 1. The van der Waals surface area contributed by atoms with Gasteiger partial charge in [0.05, 0.1) is 11.1 Å². The first-order valence-electron chi connectivity index (χ1n) is 2.61. The summed E-state index contributed by atoms with van der Waals surface area (Å²) in [7, 11) is 0. The van der Waals surface area contributed by atoms with Gasteiger partial charge in [-0.15, -0.1) is 0 Å². The molecule has 0 bridgehead atoms. The van der Waals surface area contributed by atoms with Gasteiger partial charge in [-0.2, -0.15) is 11.3 Å². The average molecular weight is 163 g/mol. The maximum atomic E-state index is 9.02. The van der Waals surface area contributed by atoms with Gasteiger partial charge in [0, 0.05) is 10.9 Å². The van der Waals surface area contributed by atoms with Crippen LogP contribution in [0.25, 0.3) is 0 Å². The van der Waals surface area contributed by atoms with Crippen molar-refractivity contribution in [3.05, 3.63) is 21.3 Å². The second-order valence-corrected chi connectivity index (χ2v) is 3.00. The maximum absolute atomic E-state index is 9.02. The first kappa shape index (κ1) is 7.06. The summed E-state index contributed by atoms with van der Waals surface area (Å²) in [5.41, 5.74) is 0.821. The molecule has 50 valence electrons. The molecule has 0 saturated carbocycles. The zero-order valence-corrected chi connectivity index (χ0v) is 6.54. The highest BCUT2D eigenvalue weighted by Crippen LogP contribution is 2.25. The van der Waals surface area contributed by atoms with Crippen LogP contribution < -0.4 is 0 Å². The van der Waals surface area contributed by atoms with E-state index in [1.165, 1.54) is 11.3 Å². The van der Waals surface area contributed by atoms with Crippen molar-refractivity contribution in [3.8, 4) is 0 Å². The topological polar surface area (TPSA) is 20.2 Å². The summed E-state index contributed by atoms with van der Waals surface area (Å²) < 4.78 is 0. The van der Waals surface area contributed by atoms with Crippen molar-refractivity contribution in [1.29, 1.82) is 0 Å². The van der Waals surface area contributed by atoms with Crippen molar-refractivity contribution < 1.29 is 5.11 Å². The highest BCUT2D eigenvalue weighted by molar-refractivity contribution is 7.08. The molecule has 0 fully saturated rings. The summed E-state index contributed by atoms with van der Waals surface area (Å²) in [6.07, 6.45) is -0.441. The van der Waals surface area contributed by atoms with E-state index in [0.717, 1.165) is 5.56 Å². The van der Waals surface area contributed by atoms with E-state index in [4.69, 9.17) is 16.7 Å². The predicted octanol–water partition coefficient (Wildman–Crippen LogP) is 2.45. The van der Waals surface area contributed by atoms with Crippen LogP contribution in [0.2, 0.25) is 5.02 Å². The van der Waals surface area contributed by atoms with Crippen molar-refractivity contribution in [2.75, 3.05) is 0 Å². The summed E-state index contributed by atoms with van der Waals surface area (Å²) in [4.78, 5) is 0. The smallest absolute Gasteiger partial charge is 0.0784 e. The fraction of sp³-hybridized carbons (Fsp3) is 0.333. The SMILES string of the molecule is C[C@H](O)c1cscc1Cl. The molecule has 1 N–H and O–H groups in total. The number of rotatable bonds is 1. The molecule has 0 aromatic carbocycles. The van der Waals surface area contributed by atoms with Crippen LogP contribution >= 0.6 is 22.9 Å². The molecule has 1 heterocycles. The Balaban J connectivity index is 2.94. The lowest BCUT2D eigenvalue weighted by Gasteiger charge is -1.98. The average Bonchev–Trinajstić information content (AvgIpc) is 2.13. The Morgan fingerprint density at radius 1 is 1.67 bits per heavy atom. The summed E-state index contributed by atoms with van der Waals surface area (Å²) in [6.45, 7) is 1.70. The minimum atomic E-state index is -0.441. The van der Waals surface area contributed by atoms with Crippen molar-refractivity contribution in [2.45, 2.75) is 13.0 Å². The van der Waals surface area contributed by atoms with Crippen LogP contribution in [-0.2, 0) is 0 Å². The predicted molar refractivity (Wildman–Crippen MR) is 40.0 cm³/mol. The van der Waals surface area contributed by atoms with Crippen LogP contribution in [0.1, 0.15) is 18.6 Å². The van der Waals surface area contributed by atoms with Crippen LogP contribution in [-0.4, -0.2) is 5.11 Å². The van der Waals surface area contributed by atoms with E-state index in [1.54, 1.807) is 6.92 Å². The van der Waals surface area contributed by atoms with Crippen molar-refractivity contribution in [3.63, 3.8) is 0 Å². The van der Waals surface area contributed by atoms with Gasteiger partial charge in [0.15, 0.2) is 0 Å². The van der Waals surface area contributed by atoms with E-state index in [0.29, 0.717) is 5.02 Å². The second kappa shape index (κ2) is 2.69. The molecule has 0 amide bonds. The molecule has 1 atom stereocenters. The molecule has 0 unspecified atom stereocenters. The van der Waals surface area contributed by atoms with Gasteiger partial charge in [-0.05, 0) is 12.3 Å². The van der Waals surface area contributed by atoms with Crippen LogP contribution in [0.4, 0.5) is 0 Å². The summed E-state index contributed by atoms with van der Waals surface area (Å²) in [5.74, 6) is 0. The molecule has 0 aliphatic heterocycles. The van der Waals surface area contributed by atoms with Crippen molar-refractivity contribution in [2.24, 2.45) is 0 Å². The van der Waals surface area contributed by atoms with Gasteiger partial charge < -0.3 is 5.11 Å². The molecular weight excluding hydrogens is 156 g/mol. The van der Waals surface area contributed by atoms with Crippen LogP contribution in [0.5, 0.6) is 0 Å². The van der Waals surface area contributed by atoms with Crippen molar-refractivity contribution in [1.82, 2.24) is 0 Å². The fourth-order valence-corrected chi connectivity index (χ4v) is 1.81. The van der Waals surface area contributed by atoms with E-state index in [2.05, 4.69) is 0 Å². The van der Waals surface area contributed by atoms with Crippen LogP contribution in [0.3, 0.4) is 0 Å².